The lowest BCUT2D eigenvalue weighted by Crippen LogP contribution is -2.42. The third-order valence-corrected chi connectivity index (χ3v) is 5.01. The molecule has 3 rings (SSSR count). The molecule has 27 heavy (non-hydrogen) atoms. The zero-order valence-electron chi connectivity index (χ0n) is 15.0. The molecule has 142 valence electrons. The predicted octanol–water partition coefficient (Wildman–Crippen LogP) is 2.45. The normalized spacial score (nSPS) is 13.9. The van der Waals surface area contributed by atoms with Crippen molar-refractivity contribution in [1.29, 1.82) is 0 Å². The van der Waals surface area contributed by atoms with Crippen molar-refractivity contribution < 1.29 is 14.3 Å². The fourth-order valence-electron chi connectivity index (χ4n) is 2.72. The summed E-state index contributed by atoms with van der Waals surface area (Å²) in [6.07, 6.45) is 0. The van der Waals surface area contributed by atoms with Crippen molar-refractivity contribution in [2.45, 2.75) is 0 Å². The van der Waals surface area contributed by atoms with Crippen molar-refractivity contribution in [3.05, 3.63) is 60.7 Å². The van der Waals surface area contributed by atoms with Gasteiger partial charge in [0.15, 0.2) is 0 Å². The minimum absolute atomic E-state index is 0.0547. The molecule has 2 aromatic carbocycles. The molecule has 6 nitrogen and oxygen atoms in total. The number of hydrogen-bond acceptors (Lipinski definition) is 5. The lowest BCUT2D eigenvalue weighted by molar-refractivity contribution is -0.132. The zero-order valence-corrected chi connectivity index (χ0v) is 15.9. The van der Waals surface area contributed by atoms with Gasteiger partial charge in [-0.15, -0.1) is 11.8 Å². The molecule has 1 aliphatic rings. The number of benzene rings is 2. The van der Waals surface area contributed by atoms with E-state index in [0.717, 1.165) is 11.4 Å². The molecule has 1 fully saturated rings. The predicted molar refractivity (Wildman–Crippen MR) is 108 cm³/mol. The second kappa shape index (κ2) is 9.99. The molecule has 0 atom stereocenters. The van der Waals surface area contributed by atoms with Crippen LogP contribution in [0.4, 0.5) is 11.4 Å². The van der Waals surface area contributed by atoms with E-state index >= 15 is 0 Å². The van der Waals surface area contributed by atoms with Crippen LogP contribution < -0.4 is 10.4 Å². The molecule has 0 radical (unpaired) electrons. The fourth-order valence-corrected chi connectivity index (χ4v) is 3.43. The molecule has 1 aliphatic heterocycles. The molecule has 0 aliphatic carbocycles. The van der Waals surface area contributed by atoms with Gasteiger partial charge in [-0.05, 0) is 24.3 Å². The van der Waals surface area contributed by atoms with Crippen molar-refractivity contribution in [2.75, 3.05) is 42.8 Å². The number of nitrogens with one attached hydrogen (secondary N) is 1. The largest absolute Gasteiger partial charge is 0.378 e. The monoisotopic (exact) mass is 385 g/mol. The van der Waals surface area contributed by atoms with Gasteiger partial charge in [0.1, 0.15) is 0 Å². The number of para-hydroxylation sites is 2. The van der Waals surface area contributed by atoms with Gasteiger partial charge in [-0.2, -0.15) is 0 Å². The van der Waals surface area contributed by atoms with Crippen LogP contribution in [0.2, 0.25) is 0 Å². The van der Waals surface area contributed by atoms with Gasteiger partial charge >= 0.3 is 0 Å². The summed E-state index contributed by atoms with van der Waals surface area (Å²) < 4.78 is 5.25. The quantitative estimate of drug-likeness (QED) is 0.742. The molecule has 0 unspecified atom stereocenters. The molecule has 0 saturated carbocycles. The average Bonchev–Trinajstić information content (AvgIpc) is 2.74. The standard InChI is InChI=1S/C20H23N3O3S/c24-19(15-27-16-20(25)22-11-13-26-14-12-22)21-23(17-7-3-1-4-8-17)18-9-5-2-6-10-18/h1-10H,11-16H2,(H,21,24). The summed E-state index contributed by atoms with van der Waals surface area (Å²) in [4.78, 5) is 26.4. The van der Waals surface area contributed by atoms with Crippen LogP contribution in [0.1, 0.15) is 0 Å². The minimum atomic E-state index is -0.150. The Kier molecular flexibility index (Phi) is 7.12. The number of carbonyl (C=O) groups excluding carboxylic acids is 2. The van der Waals surface area contributed by atoms with Crippen LogP contribution in [-0.2, 0) is 14.3 Å². The number of morpholine rings is 1. The molecule has 1 N–H and O–H groups in total. The molecule has 1 saturated heterocycles. The Morgan fingerprint density at radius 1 is 0.926 bits per heavy atom. The zero-order chi connectivity index (χ0) is 18.9. The van der Waals surface area contributed by atoms with Crippen LogP contribution in [0.25, 0.3) is 0 Å². The highest BCUT2D eigenvalue weighted by molar-refractivity contribution is 8.00. The van der Waals surface area contributed by atoms with Crippen molar-refractivity contribution in [1.82, 2.24) is 10.3 Å². The van der Waals surface area contributed by atoms with Gasteiger partial charge < -0.3 is 9.64 Å². The molecule has 0 spiro atoms. The molecule has 0 bridgehead atoms. The van der Waals surface area contributed by atoms with Gasteiger partial charge in [-0.25, -0.2) is 0 Å². The number of hydrazine groups is 1. The number of thioether (sulfide) groups is 1. The number of rotatable bonds is 7. The molecular weight excluding hydrogens is 362 g/mol. The Labute approximate surface area is 163 Å². The van der Waals surface area contributed by atoms with Crippen molar-refractivity contribution >= 4 is 35.0 Å². The second-order valence-electron chi connectivity index (χ2n) is 6.03. The Morgan fingerprint density at radius 3 is 2.04 bits per heavy atom. The van der Waals surface area contributed by atoms with Crippen LogP contribution in [0, 0.1) is 0 Å². The Hall–Kier alpha value is -2.51. The first-order valence-electron chi connectivity index (χ1n) is 8.87. The molecule has 1 heterocycles. The highest BCUT2D eigenvalue weighted by atomic mass is 32.2. The Balaban J connectivity index is 1.54. The van der Waals surface area contributed by atoms with Crippen molar-refractivity contribution in [3.63, 3.8) is 0 Å². The van der Waals surface area contributed by atoms with Gasteiger partial charge in [0, 0.05) is 13.1 Å². The number of amides is 2. The molecule has 0 aromatic heterocycles. The smallest absolute Gasteiger partial charge is 0.248 e. The summed E-state index contributed by atoms with van der Waals surface area (Å²) in [6, 6.07) is 19.3. The maximum absolute atomic E-state index is 12.4. The topological polar surface area (TPSA) is 61.9 Å². The van der Waals surface area contributed by atoms with E-state index in [1.807, 2.05) is 60.7 Å². The van der Waals surface area contributed by atoms with Crippen molar-refractivity contribution in [3.8, 4) is 0 Å². The second-order valence-corrected chi connectivity index (χ2v) is 7.01. The molecule has 2 aromatic rings. The van der Waals surface area contributed by atoms with Gasteiger partial charge in [-0.3, -0.25) is 20.0 Å². The third kappa shape index (κ3) is 5.74. The summed E-state index contributed by atoms with van der Waals surface area (Å²) in [6.45, 7) is 2.42. The van der Waals surface area contributed by atoms with Crippen LogP contribution in [0.15, 0.2) is 60.7 Å². The maximum Gasteiger partial charge on any atom is 0.248 e. The minimum Gasteiger partial charge on any atom is -0.378 e. The number of ether oxygens (including phenoxy) is 1. The average molecular weight is 385 g/mol. The highest BCUT2D eigenvalue weighted by Crippen LogP contribution is 2.22. The van der Waals surface area contributed by atoms with Gasteiger partial charge in [0.05, 0.1) is 36.1 Å². The third-order valence-electron chi connectivity index (χ3n) is 4.09. The fraction of sp³-hybridized carbons (Fsp3) is 0.300. The summed E-state index contributed by atoms with van der Waals surface area (Å²) in [5.41, 5.74) is 4.67. The first kappa shape index (κ1) is 19.3. The lowest BCUT2D eigenvalue weighted by atomic mass is 10.2. The summed E-state index contributed by atoms with van der Waals surface area (Å²) in [5, 5.41) is 1.76. The Morgan fingerprint density at radius 2 is 1.48 bits per heavy atom. The lowest BCUT2D eigenvalue weighted by Gasteiger charge is -2.27. The van der Waals surface area contributed by atoms with E-state index in [0.29, 0.717) is 32.1 Å². The van der Waals surface area contributed by atoms with E-state index < -0.39 is 0 Å². The Bertz CT molecular complexity index is 697. The number of hydrogen-bond donors (Lipinski definition) is 1. The van der Waals surface area contributed by atoms with E-state index in [1.165, 1.54) is 11.8 Å². The van der Waals surface area contributed by atoms with Crippen molar-refractivity contribution in [2.24, 2.45) is 0 Å². The maximum atomic E-state index is 12.4. The number of carbonyl (C=O) groups is 2. The SMILES string of the molecule is O=C(CSCC(=O)N1CCOCC1)NN(c1ccccc1)c1ccccc1. The highest BCUT2D eigenvalue weighted by Gasteiger charge is 2.18. The van der Waals surface area contributed by atoms with Gasteiger partial charge in [-0.1, -0.05) is 36.4 Å². The summed E-state index contributed by atoms with van der Waals surface area (Å²) in [7, 11) is 0. The van der Waals surface area contributed by atoms with Crippen LogP contribution in [-0.4, -0.2) is 54.5 Å². The summed E-state index contributed by atoms with van der Waals surface area (Å²) >= 11 is 1.32. The van der Waals surface area contributed by atoms with E-state index in [9.17, 15) is 9.59 Å². The van der Waals surface area contributed by atoms with E-state index in [1.54, 1.807) is 9.91 Å². The first-order chi connectivity index (χ1) is 13.2. The van der Waals surface area contributed by atoms with Crippen LogP contribution in [0.3, 0.4) is 0 Å². The number of anilines is 2. The molecule has 7 heteroatoms. The van der Waals surface area contributed by atoms with Crippen LogP contribution in [0.5, 0.6) is 0 Å². The van der Waals surface area contributed by atoms with Gasteiger partial charge in [0.25, 0.3) is 0 Å². The number of nitrogens with zero attached hydrogens (tertiary/aromatic N) is 2. The van der Waals surface area contributed by atoms with Crippen LogP contribution >= 0.6 is 11.8 Å². The molecule has 2 amide bonds. The molecular formula is C20H23N3O3S. The van der Waals surface area contributed by atoms with Gasteiger partial charge in [0.2, 0.25) is 11.8 Å². The first-order valence-corrected chi connectivity index (χ1v) is 10.0. The van der Waals surface area contributed by atoms with E-state index in [-0.39, 0.29) is 17.6 Å². The van der Waals surface area contributed by atoms with E-state index in [4.69, 9.17) is 4.74 Å². The summed E-state index contributed by atoms with van der Waals surface area (Å²) in [5.74, 6) is 0.414. The van der Waals surface area contributed by atoms with E-state index in [2.05, 4.69) is 5.43 Å².